The minimum Gasteiger partial charge on any atom is -0.347 e. The van der Waals surface area contributed by atoms with Gasteiger partial charge >= 0.3 is 6.18 Å². The minimum absolute atomic E-state index is 0.252. The van der Waals surface area contributed by atoms with Gasteiger partial charge in [-0.05, 0) is 31.4 Å². The highest BCUT2D eigenvalue weighted by Gasteiger charge is 2.35. The normalized spacial score (nSPS) is 18.4. The summed E-state index contributed by atoms with van der Waals surface area (Å²) in [4.78, 5) is 33.4. The minimum atomic E-state index is -4.75. The second-order valence-corrected chi connectivity index (χ2v) is 5.93. The fourth-order valence-electron chi connectivity index (χ4n) is 3.09. The summed E-state index contributed by atoms with van der Waals surface area (Å²) >= 11 is 0. The number of halogens is 3. The maximum Gasteiger partial charge on any atom is 0.421 e. The number of aromatic amines is 1. The summed E-state index contributed by atoms with van der Waals surface area (Å²) in [6.45, 7) is 0.0534. The molecular formula is C16H17F3N4O2. The number of imidazole rings is 1. The van der Waals surface area contributed by atoms with E-state index in [0.29, 0.717) is 12.4 Å². The number of alkyl halides is 3. The van der Waals surface area contributed by atoms with Gasteiger partial charge in [-0.2, -0.15) is 13.2 Å². The van der Waals surface area contributed by atoms with Crippen LogP contribution in [0.5, 0.6) is 0 Å². The summed E-state index contributed by atoms with van der Waals surface area (Å²) in [6, 6.07) is 1.59. The third kappa shape index (κ3) is 3.59. The number of likely N-dealkylation sites (tertiary alicyclic amines) is 1. The average Bonchev–Trinajstić information content (AvgIpc) is 3.10. The molecule has 134 valence electrons. The molecule has 0 radical (unpaired) electrons. The number of carbonyl (C=O) groups is 1. The van der Waals surface area contributed by atoms with Crippen molar-refractivity contribution in [3.63, 3.8) is 0 Å². The highest BCUT2D eigenvalue weighted by Crippen LogP contribution is 2.29. The molecular weight excluding hydrogens is 337 g/mol. The second kappa shape index (κ2) is 6.73. The van der Waals surface area contributed by atoms with Crippen LogP contribution < -0.4 is 5.56 Å². The first-order chi connectivity index (χ1) is 11.9. The lowest BCUT2D eigenvalue weighted by Gasteiger charge is -2.34. The third-order valence-corrected chi connectivity index (χ3v) is 4.29. The Morgan fingerprint density at radius 1 is 1.36 bits per heavy atom. The monoisotopic (exact) mass is 354 g/mol. The smallest absolute Gasteiger partial charge is 0.347 e. The predicted octanol–water partition coefficient (Wildman–Crippen LogP) is 2.34. The lowest BCUT2D eigenvalue weighted by Crippen LogP contribution is -2.42. The van der Waals surface area contributed by atoms with Crippen molar-refractivity contribution in [2.45, 2.75) is 38.0 Å². The lowest BCUT2D eigenvalue weighted by molar-refractivity contribution is -0.140. The van der Waals surface area contributed by atoms with E-state index in [-0.39, 0.29) is 6.04 Å². The fourth-order valence-corrected chi connectivity index (χ4v) is 3.09. The molecule has 0 aliphatic carbocycles. The Kier molecular flexibility index (Phi) is 4.65. The summed E-state index contributed by atoms with van der Waals surface area (Å²) < 4.78 is 39.3. The molecule has 1 atom stereocenters. The van der Waals surface area contributed by atoms with E-state index >= 15 is 0 Å². The Bertz CT molecular complexity index is 798. The number of amides is 1. The fraction of sp³-hybridized carbons (Fsp3) is 0.438. The van der Waals surface area contributed by atoms with E-state index in [9.17, 15) is 22.8 Å². The first-order valence-corrected chi connectivity index (χ1v) is 7.93. The summed E-state index contributed by atoms with van der Waals surface area (Å²) in [6.07, 6.45) is 2.15. The molecule has 1 aliphatic rings. The van der Waals surface area contributed by atoms with E-state index in [1.54, 1.807) is 17.3 Å². The molecule has 0 bridgehead atoms. The number of hydrogen-bond acceptors (Lipinski definition) is 3. The number of nitrogens with zero attached hydrogens (tertiary/aromatic N) is 3. The highest BCUT2D eigenvalue weighted by atomic mass is 19.4. The average molecular weight is 354 g/mol. The Morgan fingerprint density at radius 3 is 2.84 bits per heavy atom. The molecule has 0 aromatic carbocycles. The van der Waals surface area contributed by atoms with Gasteiger partial charge in [-0.3, -0.25) is 9.59 Å². The molecule has 6 nitrogen and oxygen atoms in total. The Morgan fingerprint density at radius 2 is 2.16 bits per heavy atom. The van der Waals surface area contributed by atoms with Gasteiger partial charge in [0.05, 0.1) is 6.04 Å². The van der Waals surface area contributed by atoms with Crippen molar-refractivity contribution in [3.8, 4) is 0 Å². The van der Waals surface area contributed by atoms with Gasteiger partial charge in [0, 0.05) is 25.1 Å². The van der Waals surface area contributed by atoms with Gasteiger partial charge in [-0.15, -0.1) is 0 Å². The number of piperidine rings is 1. The molecule has 25 heavy (non-hydrogen) atoms. The number of pyridine rings is 1. The number of H-pyrrole nitrogens is 1. The van der Waals surface area contributed by atoms with E-state index in [0.717, 1.165) is 36.0 Å². The lowest BCUT2D eigenvalue weighted by atomic mass is 10.0. The zero-order valence-electron chi connectivity index (χ0n) is 13.3. The quantitative estimate of drug-likeness (QED) is 0.920. The van der Waals surface area contributed by atoms with Gasteiger partial charge < -0.3 is 14.5 Å². The van der Waals surface area contributed by atoms with Crippen LogP contribution in [0.2, 0.25) is 0 Å². The van der Waals surface area contributed by atoms with E-state index in [2.05, 4.69) is 9.97 Å². The number of aromatic nitrogens is 3. The molecule has 1 aliphatic heterocycles. The van der Waals surface area contributed by atoms with E-state index in [4.69, 9.17) is 0 Å². The molecule has 2 aromatic heterocycles. The molecule has 0 saturated carbocycles. The summed E-state index contributed by atoms with van der Waals surface area (Å²) in [5, 5.41) is 0. The third-order valence-electron chi connectivity index (χ3n) is 4.29. The Hall–Kier alpha value is -2.58. The van der Waals surface area contributed by atoms with Crippen LogP contribution in [0.15, 0.2) is 35.5 Å². The molecule has 1 saturated heterocycles. The van der Waals surface area contributed by atoms with Crippen LogP contribution in [-0.2, 0) is 17.5 Å². The highest BCUT2D eigenvalue weighted by molar-refractivity contribution is 5.76. The van der Waals surface area contributed by atoms with Gasteiger partial charge in [0.1, 0.15) is 17.9 Å². The second-order valence-electron chi connectivity index (χ2n) is 5.93. The van der Waals surface area contributed by atoms with E-state index in [1.807, 2.05) is 0 Å². The maximum absolute atomic E-state index is 12.8. The zero-order chi connectivity index (χ0) is 18.0. The van der Waals surface area contributed by atoms with Crippen molar-refractivity contribution in [2.75, 3.05) is 6.54 Å². The summed E-state index contributed by atoms with van der Waals surface area (Å²) in [7, 11) is 0. The number of hydrogen-bond donors (Lipinski definition) is 1. The van der Waals surface area contributed by atoms with Crippen molar-refractivity contribution < 1.29 is 18.0 Å². The van der Waals surface area contributed by atoms with Gasteiger partial charge in [0.15, 0.2) is 0 Å². The number of nitrogens with one attached hydrogen (secondary N) is 1. The van der Waals surface area contributed by atoms with E-state index < -0.39 is 29.8 Å². The van der Waals surface area contributed by atoms with Crippen molar-refractivity contribution in [1.29, 1.82) is 0 Å². The van der Waals surface area contributed by atoms with Gasteiger partial charge in [0.2, 0.25) is 5.91 Å². The Balaban J connectivity index is 1.83. The van der Waals surface area contributed by atoms with Crippen LogP contribution >= 0.6 is 0 Å². The molecule has 1 N–H and O–H groups in total. The van der Waals surface area contributed by atoms with Gasteiger partial charge in [-0.25, -0.2) is 4.98 Å². The molecule has 2 aromatic rings. The van der Waals surface area contributed by atoms with Crippen LogP contribution in [0, 0.1) is 0 Å². The van der Waals surface area contributed by atoms with E-state index in [1.165, 1.54) is 6.20 Å². The zero-order valence-corrected chi connectivity index (χ0v) is 13.3. The number of rotatable bonds is 3. The Labute approximate surface area is 141 Å². The summed E-state index contributed by atoms with van der Waals surface area (Å²) in [5.74, 6) is 0.243. The van der Waals surface area contributed by atoms with Crippen LogP contribution in [-0.4, -0.2) is 31.9 Å². The first-order valence-electron chi connectivity index (χ1n) is 7.93. The predicted molar refractivity (Wildman–Crippen MR) is 82.6 cm³/mol. The number of carbonyl (C=O) groups excluding carboxylic acids is 1. The van der Waals surface area contributed by atoms with Gasteiger partial charge in [0.25, 0.3) is 5.56 Å². The van der Waals surface area contributed by atoms with Crippen LogP contribution in [0.3, 0.4) is 0 Å². The molecule has 3 rings (SSSR count). The van der Waals surface area contributed by atoms with Crippen LogP contribution in [0.4, 0.5) is 13.2 Å². The molecule has 3 heterocycles. The molecule has 1 fully saturated rings. The molecule has 1 amide bonds. The van der Waals surface area contributed by atoms with Crippen LogP contribution in [0.1, 0.15) is 36.7 Å². The van der Waals surface area contributed by atoms with Crippen molar-refractivity contribution in [3.05, 3.63) is 52.5 Å². The van der Waals surface area contributed by atoms with Crippen molar-refractivity contribution in [1.82, 2.24) is 19.4 Å². The standard InChI is InChI=1S/C16H17F3N4O2/c17-16(18,19)11-4-3-8-22(15(11)25)10-13(24)23-9-2-1-5-12(23)14-20-6-7-21-14/h3-4,6-8,12H,1-2,5,9-10H2,(H,20,21). The van der Waals surface area contributed by atoms with Crippen LogP contribution in [0.25, 0.3) is 0 Å². The van der Waals surface area contributed by atoms with Gasteiger partial charge in [-0.1, -0.05) is 0 Å². The van der Waals surface area contributed by atoms with Crippen molar-refractivity contribution in [2.24, 2.45) is 0 Å². The molecule has 1 unspecified atom stereocenters. The first kappa shape index (κ1) is 17.2. The SMILES string of the molecule is O=C(Cn1cccc(C(F)(F)F)c1=O)N1CCCCC1c1ncc[nH]1. The van der Waals surface area contributed by atoms with Crippen molar-refractivity contribution >= 4 is 5.91 Å². The summed E-state index contributed by atoms with van der Waals surface area (Å²) in [5.41, 5.74) is -2.49. The molecule has 0 spiro atoms. The largest absolute Gasteiger partial charge is 0.421 e. The molecule has 9 heteroatoms. The maximum atomic E-state index is 12.8. The topological polar surface area (TPSA) is 71.0 Å².